The molecule has 0 aromatic heterocycles. The minimum Gasteiger partial charge on any atom is -0.482 e. The molecular weight excluding hydrogens is 378 g/mol. The van der Waals surface area contributed by atoms with Crippen LogP contribution >= 0.6 is 12.4 Å². The van der Waals surface area contributed by atoms with Crippen LogP contribution in [0.15, 0.2) is 42.5 Å². The van der Waals surface area contributed by atoms with Gasteiger partial charge in [0.15, 0.2) is 6.61 Å². The van der Waals surface area contributed by atoms with E-state index < -0.39 is 0 Å². The SMILES string of the molecule is CCc1ccc(C2CNCCN2C(=O)c2ccc3c(c2)OCC(=O)N3)cc1.Cl. The number of piperazine rings is 1. The second-order valence-electron chi connectivity index (χ2n) is 6.86. The van der Waals surface area contributed by atoms with E-state index >= 15 is 0 Å². The summed E-state index contributed by atoms with van der Waals surface area (Å²) >= 11 is 0. The summed E-state index contributed by atoms with van der Waals surface area (Å²) in [6.07, 6.45) is 0.998. The van der Waals surface area contributed by atoms with E-state index in [2.05, 4.69) is 41.8 Å². The third-order valence-corrected chi connectivity index (χ3v) is 5.14. The summed E-state index contributed by atoms with van der Waals surface area (Å²) in [6.45, 7) is 4.26. The zero-order valence-corrected chi connectivity index (χ0v) is 16.6. The minimum absolute atomic E-state index is 0. The van der Waals surface area contributed by atoms with E-state index in [0.717, 1.165) is 25.1 Å². The Morgan fingerprint density at radius 1 is 1.21 bits per heavy atom. The number of fused-ring (bicyclic) bond motifs is 1. The number of ether oxygens (including phenoxy) is 1. The first kappa shape index (κ1) is 20.2. The molecule has 2 aliphatic heterocycles. The number of nitrogens with zero attached hydrogens (tertiary/aromatic N) is 1. The average molecular weight is 402 g/mol. The van der Waals surface area contributed by atoms with Crippen LogP contribution in [0.2, 0.25) is 0 Å². The van der Waals surface area contributed by atoms with Gasteiger partial charge in [-0.15, -0.1) is 12.4 Å². The molecule has 0 spiro atoms. The van der Waals surface area contributed by atoms with Gasteiger partial charge in [0.05, 0.1) is 11.7 Å². The molecule has 2 heterocycles. The first-order valence-electron chi connectivity index (χ1n) is 9.33. The van der Waals surface area contributed by atoms with Crippen molar-refractivity contribution in [2.24, 2.45) is 0 Å². The Labute approximate surface area is 170 Å². The van der Waals surface area contributed by atoms with Crippen LogP contribution in [0.3, 0.4) is 0 Å². The molecule has 0 aliphatic carbocycles. The van der Waals surface area contributed by atoms with Gasteiger partial charge in [0.2, 0.25) is 0 Å². The molecular formula is C21H24ClN3O3. The van der Waals surface area contributed by atoms with Crippen molar-refractivity contribution in [1.82, 2.24) is 10.2 Å². The number of carbonyl (C=O) groups excluding carboxylic acids is 2. The minimum atomic E-state index is -0.181. The van der Waals surface area contributed by atoms with Gasteiger partial charge in [0.1, 0.15) is 5.75 Å². The predicted molar refractivity (Wildman–Crippen MR) is 110 cm³/mol. The fourth-order valence-electron chi connectivity index (χ4n) is 3.59. The van der Waals surface area contributed by atoms with Crippen molar-refractivity contribution in [3.05, 3.63) is 59.2 Å². The molecule has 0 radical (unpaired) electrons. The summed E-state index contributed by atoms with van der Waals surface area (Å²) in [5, 5.41) is 6.14. The molecule has 1 atom stereocenters. The highest BCUT2D eigenvalue weighted by Gasteiger charge is 2.29. The molecule has 4 rings (SSSR count). The highest BCUT2D eigenvalue weighted by atomic mass is 35.5. The van der Waals surface area contributed by atoms with Gasteiger partial charge in [0.25, 0.3) is 11.8 Å². The second kappa shape index (κ2) is 8.63. The van der Waals surface area contributed by atoms with Crippen LogP contribution in [0.1, 0.15) is 34.5 Å². The van der Waals surface area contributed by atoms with Gasteiger partial charge in [-0.2, -0.15) is 0 Å². The van der Waals surface area contributed by atoms with Crippen molar-refractivity contribution in [2.45, 2.75) is 19.4 Å². The van der Waals surface area contributed by atoms with Gasteiger partial charge < -0.3 is 20.3 Å². The van der Waals surface area contributed by atoms with Crippen LogP contribution in [0, 0.1) is 0 Å². The maximum Gasteiger partial charge on any atom is 0.262 e. The summed E-state index contributed by atoms with van der Waals surface area (Å²) in [6, 6.07) is 13.7. The highest BCUT2D eigenvalue weighted by molar-refractivity contribution is 5.99. The standard InChI is InChI=1S/C21H23N3O3.ClH/c1-2-14-3-5-15(6-4-14)18-12-22-9-10-24(18)21(26)16-7-8-17-19(11-16)27-13-20(25)23-17;/h3-8,11,18,22H,2,9-10,12-13H2,1H3,(H,23,25);1H. The van der Waals surface area contributed by atoms with E-state index in [4.69, 9.17) is 4.74 Å². The molecule has 1 fully saturated rings. The first-order chi connectivity index (χ1) is 13.2. The van der Waals surface area contributed by atoms with Crippen LogP contribution in [-0.2, 0) is 11.2 Å². The van der Waals surface area contributed by atoms with Crippen molar-refractivity contribution in [3.8, 4) is 5.75 Å². The summed E-state index contributed by atoms with van der Waals surface area (Å²) in [5.74, 6) is 0.336. The Morgan fingerprint density at radius 3 is 2.75 bits per heavy atom. The lowest BCUT2D eigenvalue weighted by Crippen LogP contribution is -2.48. The molecule has 2 amide bonds. The lowest BCUT2D eigenvalue weighted by molar-refractivity contribution is -0.118. The lowest BCUT2D eigenvalue weighted by atomic mass is 10.00. The number of anilines is 1. The third-order valence-electron chi connectivity index (χ3n) is 5.14. The molecule has 2 aromatic rings. The quantitative estimate of drug-likeness (QED) is 0.829. The Kier molecular flexibility index (Phi) is 6.21. The van der Waals surface area contributed by atoms with Gasteiger partial charge in [0, 0.05) is 25.2 Å². The van der Waals surface area contributed by atoms with Crippen molar-refractivity contribution in [3.63, 3.8) is 0 Å². The number of rotatable bonds is 3. The fourth-order valence-corrected chi connectivity index (χ4v) is 3.59. The van der Waals surface area contributed by atoms with Crippen molar-refractivity contribution >= 4 is 29.9 Å². The van der Waals surface area contributed by atoms with E-state index in [-0.39, 0.29) is 36.9 Å². The molecule has 1 unspecified atom stereocenters. The molecule has 148 valence electrons. The van der Waals surface area contributed by atoms with Crippen molar-refractivity contribution in [2.75, 3.05) is 31.6 Å². The van der Waals surface area contributed by atoms with Gasteiger partial charge in [-0.05, 0) is 35.7 Å². The molecule has 2 aliphatic rings. The van der Waals surface area contributed by atoms with E-state index in [1.807, 2.05) is 4.90 Å². The Morgan fingerprint density at radius 2 is 2.00 bits per heavy atom. The molecule has 2 N–H and O–H groups in total. The predicted octanol–water partition coefficient (Wildman–Crippen LogP) is 2.79. The number of carbonyl (C=O) groups is 2. The molecule has 7 heteroatoms. The normalized spacial score (nSPS) is 18.4. The number of amides is 2. The second-order valence-corrected chi connectivity index (χ2v) is 6.86. The van der Waals surface area contributed by atoms with E-state index in [0.29, 0.717) is 23.5 Å². The highest BCUT2D eigenvalue weighted by Crippen LogP contribution is 2.31. The largest absolute Gasteiger partial charge is 0.482 e. The first-order valence-corrected chi connectivity index (χ1v) is 9.33. The summed E-state index contributed by atoms with van der Waals surface area (Å²) in [5.41, 5.74) is 3.60. The number of hydrogen-bond acceptors (Lipinski definition) is 4. The summed E-state index contributed by atoms with van der Waals surface area (Å²) in [4.78, 5) is 26.5. The van der Waals surface area contributed by atoms with Crippen molar-refractivity contribution < 1.29 is 14.3 Å². The zero-order valence-electron chi connectivity index (χ0n) is 15.7. The van der Waals surface area contributed by atoms with Crippen LogP contribution in [0.25, 0.3) is 0 Å². The zero-order chi connectivity index (χ0) is 18.8. The van der Waals surface area contributed by atoms with Crippen molar-refractivity contribution in [1.29, 1.82) is 0 Å². The van der Waals surface area contributed by atoms with Gasteiger partial charge >= 0.3 is 0 Å². The smallest absolute Gasteiger partial charge is 0.262 e. The van der Waals surface area contributed by atoms with E-state index in [1.54, 1.807) is 18.2 Å². The van der Waals surface area contributed by atoms with Crippen LogP contribution in [0.5, 0.6) is 5.75 Å². The molecule has 28 heavy (non-hydrogen) atoms. The number of nitrogens with one attached hydrogen (secondary N) is 2. The van der Waals surface area contributed by atoms with Crippen LogP contribution in [-0.4, -0.2) is 43.0 Å². The number of aryl methyl sites for hydroxylation is 1. The lowest BCUT2D eigenvalue weighted by Gasteiger charge is -2.37. The topological polar surface area (TPSA) is 70.7 Å². The van der Waals surface area contributed by atoms with E-state index in [9.17, 15) is 9.59 Å². The van der Waals surface area contributed by atoms with Gasteiger partial charge in [-0.1, -0.05) is 31.2 Å². The van der Waals surface area contributed by atoms with Crippen LogP contribution < -0.4 is 15.4 Å². The number of hydrogen-bond donors (Lipinski definition) is 2. The van der Waals surface area contributed by atoms with E-state index in [1.165, 1.54) is 5.56 Å². The Balaban J connectivity index is 0.00000225. The Bertz CT molecular complexity index is 870. The van der Waals surface area contributed by atoms with Gasteiger partial charge in [-0.3, -0.25) is 9.59 Å². The summed E-state index contributed by atoms with van der Waals surface area (Å²) in [7, 11) is 0. The molecule has 6 nitrogen and oxygen atoms in total. The summed E-state index contributed by atoms with van der Waals surface area (Å²) < 4.78 is 5.46. The third kappa shape index (κ3) is 3.98. The monoisotopic (exact) mass is 401 g/mol. The van der Waals surface area contributed by atoms with Gasteiger partial charge in [-0.25, -0.2) is 0 Å². The number of halogens is 1. The maximum atomic E-state index is 13.2. The van der Waals surface area contributed by atoms with Crippen LogP contribution in [0.4, 0.5) is 5.69 Å². The average Bonchev–Trinajstić information content (AvgIpc) is 2.73. The Hall–Kier alpha value is -2.57. The number of benzene rings is 2. The fraction of sp³-hybridized carbons (Fsp3) is 0.333. The molecule has 2 aromatic carbocycles. The maximum absolute atomic E-state index is 13.2. The molecule has 1 saturated heterocycles. The molecule has 0 saturated carbocycles. The molecule has 0 bridgehead atoms.